The van der Waals surface area contributed by atoms with Crippen molar-refractivity contribution in [3.8, 4) is 0 Å². The largest absolute Gasteiger partial charge is 0.396 e. The van der Waals surface area contributed by atoms with Crippen LogP contribution in [0.3, 0.4) is 0 Å². The lowest BCUT2D eigenvalue weighted by Crippen LogP contribution is -2.21. The molecule has 0 saturated heterocycles. The molecule has 5 nitrogen and oxygen atoms in total. The molecule has 2 aromatic rings. The fourth-order valence-corrected chi connectivity index (χ4v) is 2.60. The minimum Gasteiger partial charge on any atom is -0.396 e. The van der Waals surface area contributed by atoms with Gasteiger partial charge in [0, 0.05) is 25.3 Å². The van der Waals surface area contributed by atoms with Gasteiger partial charge >= 0.3 is 0 Å². The summed E-state index contributed by atoms with van der Waals surface area (Å²) in [4.78, 5) is 10.5. The molecule has 0 aliphatic carbocycles. The Morgan fingerprint density at radius 1 is 1.22 bits per heavy atom. The third-order valence-corrected chi connectivity index (χ3v) is 3.93. The fourth-order valence-electron chi connectivity index (χ4n) is 2.42. The Hall–Kier alpha value is -1.95. The summed E-state index contributed by atoms with van der Waals surface area (Å²) < 4.78 is 0. The van der Waals surface area contributed by atoms with Gasteiger partial charge < -0.3 is 10.4 Å². The molecule has 2 rings (SSSR count). The van der Waals surface area contributed by atoms with Crippen LogP contribution in [-0.2, 0) is 6.54 Å². The average Bonchev–Trinajstić information content (AvgIpc) is 2.57. The second kappa shape index (κ2) is 8.62. The van der Waals surface area contributed by atoms with Crippen molar-refractivity contribution >= 4 is 17.3 Å². The first kappa shape index (κ1) is 17.4. The summed E-state index contributed by atoms with van der Waals surface area (Å²) in [7, 11) is 0. The number of rotatable bonds is 8. The Labute approximate surface area is 140 Å². The number of hydrogen-bond acceptors (Lipinski definition) is 4. The lowest BCUT2D eigenvalue weighted by atomic mass is 10.0. The summed E-state index contributed by atoms with van der Waals surface area (Å²) in [6.45, 7) is 0.625. The van der Waals surface area contributed by atoms with E-state index in [9.17, 15) is 10.1 Å². The third kappa shape index (κ3) is 5.03. The van der Waals surface area contributed by atoms with E-state index in [0.717, 1.165) is 17.5 Å². The molecule has 0 fully saturated rings. The Balaban J connectivity index is 2.09. The molecule has 0 aliphatic rings. The van der Waals surface area contributed by atoms with E-state index in [4.69, 9.17) is 16.7 Å². The number of aliphatic hydroxyl groups excluding tert-OH is 1. The number of hydrogen-bond donors (Lipinski definition) is 2. The predicted molar refractivity (Wildman–Crippen MR) is 90.4 cm³/mol. The number of aliphatic hydroxyl groups is 1. The van der Waals surface area contributed by atoms with E-state index in [1.165, 1.54) is 6.07 Å². The molecule has 1 unspecified atom stereocenters. The van der Waals surface area contributed by atoms with E-state index >= 15 is 0 Å². The maximum absolute atomic E-state index is 10.9. The molecule has 122 valence electrons. The molecule has 0 saturated carbocycles. The van der Waals surface area contributed by atoms with E-state index in [2.05, 4.69) is 5.32 Å². The number of nitrogens with one attached hydrogen (secondary N) is 1. The minimum absolute atomic E-state index is 0.0816. The van der Waals surface area contributed by atoms with Crippen LogP contribution >= 0.6 is 11.6 Å². The Morgan fingerprint density at radius 3 is 2.61 bits per heavy atom. The van der Waals surface area contributed by atoms with Crippen molar-refractivity contribution in [1.29, 1.82) is 0 Å². The zero-order valence-electron chi connectivity index (χ0n) is 12.6. The predicted octanol–water partition coefficient (Wildman–Crippen LogP) is 3.85. The van der Waals surface area contributed by atoms with Gasteiger partial charge in [0.05, 0.1) is 4.92 Å². The van der Waals surface area contributed by atoms with Crippen LogP contribution in [0.5, 0.6) is 0 Å². The first-order chi connectivity index (χ1) is 11.1. The Morgan fingerprint density at radius 2 is 1.96 bits per heavy atom. The molecule has 23 heavy (non-hydrogen) atoms. The van der Waals surface area contributed by atoms with E-state index in [0.29, 0.717) is 13.0 Å². The monoisotopic (exact) mass is 334 g/mol. The highest BCUT2D eigenvalue weighted by Crippen LogP contribution is 2.26. The highest BCUT2D eigenvalue weighted by Gasteiger charge is 2.14. The van der Waals surface area contributed by atoms with Crippen molar-refractivity contribution < 1.29 is 10.0 Å². The van der Waals surface area contributed by atoms with Gasteiger partial charge in [0.1, 0.15) is 5.02 Å². The first-order valence-corrected chi connectivity index (χ1v) is 7.81. The molecular formula is C17H19ClN2O3. The highest BCUT2D eigenvalue weighted by molar-refractivity contribution is 6.32. The fraction of sp³-hybridized carbons (Fsp3) is 0.294. The van der Waals surface area contributed by atoms with Crippen molar-refractivity contribution in [3.05, 3.63) is 74.8 Å². The van der Waals surface area contributed by atoms with Crippen LogP contribution in [0.25, 0.3) is 0 Å². The second-order valence-electron chi connectivity index (χ2n) is 5.25. The van der Waals surface area contributed by atoms with Gasteiger partial charge in [-0.25, -0.2) is 0 Å². The van der Waals surface area contributed by atoms with Gasteiger partial charge in [-0.2, -0.15) is 0 Å². The third-order valence-electron chi connectivity index (χ3n) is 3.61. The zero-order chi connectivity index (χ0) is 16.7. The first-order valence-electron chi connectivity index (χ1n) is 7.44. The summed E-state index contributed by atoms with van der Waals surface area (Å²) in [5, 5.41) is 23.5. The molecule has 6 heteroatoms. The van der Waals surface area contributed by atoms with Crippen LogP contribution in [-0.4, -0.2) is 16.6 Å². The minimum atomic E-state index is -0.480. The number of nitro groups is 1. The van der Waals surface area contributed by atoms with Crippen molar-refractivity contribution in [3.63, 3.8) is 0 Å². The molecule has 0 radical (unpaired) electrons. The molecule has 0 heterocycles. The number of nitro benzene ring substituents is 1. The molecule has 0 amide bonds. The quantitative estimate of drug-likeness (QED) is 0.568. The molecule has 0 spiro atoms. The van der Waals surface area contributed by atoms with E-state index < -0.39 is 4.92 Å². The van der Waals surface area contributed by atoms with Crippen LogP contribution < -0.4 is 5.32 Å². The van der Waals surface area contributed by atoms with Gasteiger partial charge in [-0.1, -0.05) is 48.0 Å². The topological polar surface area (TPSA) is 75.4 Å². The summed E-state index contributed by atoms with van der Waals surface area (Å²) in [6.07, 6.45) is 1.48. The SMILES string of the molecule is O=[N+]([O-])c1cc(CNC(CCCO)c2ccccc2)ccc1Cl. The molecule has 1 atom stereocenters. The van der Waals surface area contributed by atoms with Gasteiger partial charge in [0.15, 0.2) is 0 Å². The maximum atomic E-state index is 10.9. The van der Waals surface area contributed by atoms with Crippen LogP contribution in [0.15, 0.2) is 48.5 Å². The molecule has 0 aliphatic heterocycles. The standard InChI is InChI=1S/C17H19ClN2O3/c18-15-9-8-13(11-17(15)20(22)23)12-19-16(7-4-10-21)14-5-2-1-3-6-14/h1-3,5-6,8-9,11,16,19,21H,4,7,10,12H2. The molecule has 0 bridgehead atoms. The van der Waals surface area contributed by atoms with E-state index in [1.54, 1.807) is 12.1 Å². The van der Waals surface area contributed by atoms with Crippen LogP contribution in [0, 0.1) is 10.1 Å². The number of nitrogens with zero attached hydrogens (tertiary/aromatic N) is 1. The number of halogens is 1. The summed E-state index contributed by atoms with van der Waals surface area (Å²) >= 11 is 5.83. The Bertz CT molecular complexity index is 650. The van der Waals surface area contributed by atoms with Crippen molar-refractivity contribution in [2.75, 3.05) is 6.61 Å². The lowest BCUT2D eigenvalue weighted by molar-refractivity contribution is -0.384. The zero-order valence-corrected chi connectivity index (χ0v) is 13.4. The van der Waals surface area contributed by atoms with Gasteiger partial charge in [-0.3, -0.25) is 10.1 Å². The van der Waals surface area contributed by atoms with Gasteiger partial charge in [0.25, 0.3) is 5.69 Å². The smallest absolute Gasteiger partial charge is 0.288 e. The lowest BCUT2D eigenvalue weighted by Gasteiger charge is -2.19. The summed E-state index contributed by atoms with van der Waals surface area (Å²) in [5.74, 6) is 0. The van der Waals surface area contributed by atoms with Crippen molar-refractivity contribution in [2.24, 2.45) is 0 Å². The molecule has 0 aromatic heterocycles. The average molecular weight is 335 g/mol. The van der Waals surface area contributed by atoms with Gasteiger partial charge in [0.2, 0.25) is 0 Å². The van der Waals surface area contributed by atoms with Crippen LogP contribution in [0.4, 0.5) is 5.69 Å². The van der Waals surface area contributed by atoms with E-state index in [1.807, 2.05) is 30.3 Å². The Kier molecular flexibility index (Phi) is 6.52. The molecular weight excluding hydrogens is 316 g/mol. The van der Waals surface area contributed by atoms with Crippen molar-refractivity contribution in [1.82, 2.24) is 5.32 Å². The highest BCUT2D eigenvalue weighted by atomic mass is 35.5. The van der Waals surface area contributed by atoms with Gasteiger partial charge in [-0.05, 0) is 30.0 Å². The van der Waals surface area contributed by atoms with E-state index in [-0.39, 0.29) is 23.4 Å². The van der Waals surface area contributed by atoms with Gasteiger partial charge in [-0.15, -0.1) is 0 Å². The normalized spacial score (nSPS) is 12.1. The van der Waals surface area contributed by atoms with Crippen LogP contribution in [0.1, 0.15) is 30.0 Å². The van der Waals surface area contributed by atoms with Crippen molar-refractivity contribution in [2.45, 2.75) is 25.4 Å². The molecule has 2 aromatic carbocycles. The van der Waals surface area contributed by atoms with Crippen LogP contribution in [0.2, 0.25) is 5.02 Å². The summed E-state index contributed by atoms with van der Waals surface area (Å²) in [5.41, 5.74) is 1.84. The molecule has 2 N–H and O–H groups in total. The number of benzene rings is 2. The summed E-state index contributed by atoms with van der Waals surface area (Å²) in [6, 6.07) is 14.8. The maximum Gasteiger partial charge on any atom is 0.288 e. The second-order valence-corrected chi connectivity index (χ2v) is 5.66.